The fraction of sp³-hybridized carbons (Fsp3) is 0.211. The van der Waals surface area contributed by atoms with Crippen molar-refractivity contribution in [1.29, 1.82) is 0 Å². The third-order valence-corrected chi connectivity index (χ3v) is 12.0. The normalized spacial score (nSPS) is 12.1. The van der Waals surface area contributed by atoms with Crippen molar-refractivity contribution in [2.45, 2.75) is 78.6 Å². The van der Waals surface area contributed by atoms with E-state index in [0.717, 1.165) is 77.8 Å². The Morgan fingerprint density at radius 3 is 1.81 bits per heavy atom. The number of phenols is 1. The third kappa shape index (κ3) is 8.52. The molecule has 0 aliphatic heterocycles. The monoisotopic (exact) mass is 1000 g/mol. The number of rotatable bonds is 6. The Kier molecular flexibility index (Phi) is 11.4. The quantitative estimate of drug-likeness (QED) is 0.169. The summed E-state index contributed by atoms with van der Waals surface area (Å²) < 4.78 is 2.21. The number of aromatic nitrogens is 4. The van der Waals surface area contributed by atoms with Gasteiger partial charge in [0.1, 0.15) is 11.6 Å². The van der Waals surface area contributed by atoms with E-state index in [1.165, 1.54) is 11.1 Å². The van der Waals surface area contributed by atoms with Crippen molar-refractivity contribution < 1.29 is 26.2 Å². The predicted octanol–water partition coefficient (Wildman–Crippen LogP) is 14.7. The van der Waals surface area contributed by atoms with Crippen molar-refractivity contribution in [3.05, 3.63) is 175 Å². The molecule has 0 spiro atoms. The number of hydrogen-bond acceptors (Lipinski definition) is 4. The van der Waals surface area contributed by atoms with Gasteiger partial charge in [0.05, 0.1) is 22.3 Å². The van der Waals surface area contributed by atoms with Crippen molar-refractivity contribution in [3.8, 4) is 67.5 Å². The van der Waals surface area contributed by atoms with Gasteiger partial charge in [-0.3, -0.25) is 14.5 Å². The molecule has 1 N–H and O–H groups in total. The number of nitrogens with zero attached hydrogens (tertiary/aromatic N) is 4. The first-order chi connectivity index (χ1) is 29.5. The molecule has 9 aromatic rings. The molecule has 0 aliphatic carbocycles. The third-order valence-electron chi connectivity index (χ3n) is 12.0. The summed E-state index contributed by atoms with van der Waals surface area (Å²) in [7, 11) is 0. The second-order valence-electron chi connectivity index (χ2n) is 19.6. The Hall–Kier alpha value is -6.16. The van der Waals surface area contributed by atoms with Crippen LogP contribution in [-0.2, 0) is 37.3 Å². The smallest absolute Gasteiger partial charge is 0.148 e. The number of fused-ring (bicyclic) bond motifs is 2. The number of phenolic OH excluding ortho intramolecular Hbond substituents is 1. The molecule has 6 heteroatoms. The maximum atomic E-state index is 11.7. The van der Waals surface area contributed by atoms with Crippen LogP contribution < -0.4 is 0 Å². The standard InChI is InChI=1S/C57H53N4O.Pt/c1-55(2,3)42-20-23-45(24-21-42)61-50-33-40(36-15-11-10-12-16-36)31-47(53(50)60-54(61)48-34-43(56(4,5)6)22-25-51(48)62)38-18-13-17-37(29-38)46-32-41(30-39-19-14-27-59-52(39)46)49-35-44(26-28-58-49)57(7,8)9;/h10-28,30-35,62H,1-9H3;/q-1;. The minimum atomic E-state index is -0.142. The Morgan fingerprint density at radius 1 is 0.492 bits per heavy atom. The first-order valence-corrected chi connectivity index (χ1v) is 21.5. The molecule has 5 nitrogen and oxygen atoms in total. The van der Waals surface area contributed by atoms with Crippen LogP contribution in [0.2, 0.25) is 0 Å². The molecule has 3 heterocycles. The van der Waals surface area contributed by atoms with Crippen LogP contribution >= 0.6 is 0 Å². The van der Waals surface area contributed by atoms with E-state index in [4.69, 9.17) is 15.0 Å². The zero-order valence-electron chi connectivity index (χ0n) is 37.5. The van der Waals surface area contributed by atoms with Crippen LogP contribution in [0.1, 0.15) is 79.0 Å². The van der Waals surface area contributed by atoms with Gasteiger partial charge in [0, 0.05) is 44.7 Å². The van der Waals surface area contributed by atoms with E-state index in [2.05, 4.69) is 188 Å². The zero-order valence-corrected chi connectivity index (χ0v) is 39.8. The summed E-state index contributed by atoms with van der Waals surface area (Å²) in [5.41, 5.74) is 15.5. The number of imidazole rings is 1. The molecule has 318 valence electrons. The van der Waals surface area contributed by atoms with Crippen molar-refractivity contribution in [2.24, 2.45) is 0 Å². The fourth-order valence-electron chi connectivity index (χ4n) is 8.30. The maximum Gasteiger partial charge on any atom is 0.148 e. The minimum absolute atomic E-state index is 0. The first-order valence-electron chi connectivity index (χ1n) is 21.5. The van der Waals surface area contributed by atoms with Crippen LogP contribution in [0.4, 0.5) is 0 Å². The van der Waals surface area contributed by atoms with Gasteiger partial charge >= 0.3 is 0 Å². The second-order valence-corrected chi connectivity index (χ2v) is 19.6. The van der Waals surface area contributed by atoms with E-state index in [1.807, 2.05) is 30.6 Å². The fourth-order valence-corrected chi connectivity index (χ4v) is 8.30. The van der Waals surface area contributed by atoms with Gasteiger partial charge in [-0.25, -0.2) is 4.98 Å². The average molecular weight is 1010 g/mol. The average Bonchev–Trinajstić information content (AvgIpc) is 3.64. The summed E-state index contributed by atoms with van der Waals surface area (Å²) in [6.07, 6.45) is 3.76. The largest absolute Gasteiger partial charge is 0.507 e. The molecule has 0 bridgehead atoms. The molecule has 9 rings (SSSR count). The Morgan fingerprint density at radius 2 is 1.13 bits per heavy atom. The summed E-state index contributed by atoms with van der Waals surface area (Å²) in [6.45, 7) is 20.0. The molecule has 0 radical (unpaired) electrons. The van der Waals surface area contributed by atoms with Crippen LogP contribution in [0.3, 0.4) is 0 Å². The molecule has 0 saturated carbocycles. The van der Waals surface area contributed by atoms with Gasteiger partial charge in [-0.15, -0.1) is 35.4 Å². The molecule has 6 aromatic carbocycles. The van der Waals surface area contributed by atoms with Gasteiger partial charge < -0.3 is 5.11 Å². The molecule has 3 aromatic heterocycles. The first kappa shape index (κ1) is 43.5. The van der Waals surface area contributed by atoms with Crippen molar-refractivity contribution in [3.63, 3.8) is 0 Å². The molecular formula is C57H53N4OPt-. The summed E-state index contributed by atoms with van der Waals surface area (Å²) in [5, 5.41) is 12.7. The number of hydrogen-bond donors (Lipinski definition) is 1. The van der Waals surface area contributed by atoms with Gasteiger partial charge in [0.2, 0.25) is 0 Å². The van der Waals surface area contributed by atoms with Crippen LogP contribution in [0, 0.1) is 6.07 Å². The molecule has 0 atom stereocenters. The molecular weight excluding hydrogens is 952 g/mol. The van der Waals surface area contributed by atoms with Gasteiger partial charge in [-0.1, -0.05) is 140 Å². The van der Waals surface area contributed by atoms with Gasteiger partial charge in [0.15, 0.2) is 0 Å². The van der Waals surface area contributed by atoms with Crippen LogP contribution in [0.25, 0.3) is 83.6 Å². The Labute approximate surface area is 386 Å². The predicted molar refractivity (Wildman–Crippen MR) is 258 cm³/mol. The molecule has 63 heavy (non-hydrogen) atoms. The number of pyridine rings is 2. The summed E-state index contributed by atoms with van der Waals surface area (Å²) in [6, 6.07) is 52.6. The molecule has 0 unspecified atom stereocenters. The van der Waals surface area contributed by atoms with E-state index in [0.29, 0.717) is 11.4 Å². The van der Waals surface area contributed by atoms with E-state index < -0.39 is 0 Å². The zero-order chi connectivity index (χ0) is 43.6. The van der Waals surface area contributed by atoms with Crippen molar-refractivity contribution in [2.75, 3.05) is 0 Å². The number of benzene rings is 6. The Balaban J connectivity index is 0.00000544. The van der Waals surface area contributed by atoms with Crippen LogP contribution in [0.15, 0.2) is 152 Å². The Bertz CT molecular complexity index is 3130. The maximum absolute atomic E-state index is 11.7. The summed E-state index contributed by atoms with van der Waals surface area (Å²) >= 11 is 0. The van der Waals surface area contributed by atoms with Crippen LogP contribution in [0.5, 0.6) is 5.75 Å². The molecule has 0 aliphatic rings. The summed E-state index contributed by atoms with van der Waals surface area (Å²) in [4.78, 5) is 15.3. The van der Waals surface area contributed by atoms with E-state index >= 15 is 0 Å². The summed E-state index contributed by atoms with van der Waals surface area (Å²) in [5.74, 6) is 0.851. The SMILES string of the molecule is CC(C)(C)c1ccc(-n2c(-c3cc(C(C)(C)C)ccc3O)nc3c(-c4[c-]c(-c5cc(-c6cc(C(C)(C)C)ccn6)cc6cccnc56)ccc4)cc(-c4ccccc4)cc32)cc1.[Pt]. The van der Waals surface area contributed by atoms with Gasteiger partial charge in [-0.2, -0.15) is 0 Å². The topological polar surface area (TPSA) is 63.8 Å². The molecule has 0 amide bonds. The van der Waals surface area contributed by atoms with E-state index in [1.54, 1.807) is 6.07 Å². The van der Waals surface area contributed by atoms with E-state index in [-0.39, 0.29) is 43.1 Å². The van der Waals surface area contributed by atoms with Crippen LogP contribution in [-0.4, -0.2) is 24.6 Å². The number of aromatic hydroxyl groups is 1. The van der Waals surface area contributed by atoms with Crippen molar-refractivity contribution in [1.82, 2.24) is 19.5 Å². The molecule has 0 saturated heterocycles. The van der Waals surface area contributed by atoms with E-state index in [9.17, 15) is 5.11 Å². The van der Waals surface area contributed by atoms with Gasteiger partial charge in [0.25, 0.3) is 0 Å². The minimum Gasteiger partial charge on any atom is -0.507 e. The second kappa shape index (κ2) is 16.5. The van der Waals surface area contributed by atoms with Crippen molar-refractivity contribution >= 4 is 21.9 Å². The molecule has 0 fully saturated rings. The van der Waals surface area contributed by atoms with Gasteiger partial charge in [-0.05, 0) is 110 Å².